The van der Waals surface area contributed by atoms with Crippen LogP contribution in [0.25, 0.3) is 6.08 Å². The third kappa shape index (κ3) is 7.47. The van der Waals surface area contributed by atoms with E-state index in [1.807, 2.05) is 42.5 Å². The highest BCUT2D eigenvalue weighted by Gasteiger charge is 2.36. The van der Waals surface area contributed by atoms with Crippen molar-refractivity contribution >= 4 is 23.6 Å². The average molecular weight is 442 g/mol. The fourth-order valence-corrected chi connectivity index (χ4v) is 4.03. The summed E-state index contributed by atoms with van der Waals surface area (Å²) in [5.74, 6) is 0.0619. The third-order valence-electron chi connectivity index (χ3n) is 5.49. The van der Waals surface area contributed by atoms with Gasteiger partial charge in [-0.3, -0.25) is 9.69 Å². The van der Waals surface area contributed by atoms with Gasteiger partial charge in [0.1, 0.15) is 0 Å². The summed E-state index contributed by atoms with van der Waals surface area (Å²) in [6, 6.07) is 18.3. The van der Waals surface area contributed by atoms with E-state index in [2.05, 4.69) is 40.7 Å². The molecule has 0 saturated carbocycles. The van der Waals surface area contributed by atoms with Crippen LogP contribution in [-0.4, -0.2) is 56.2 Å². The lowest BCUT2D eigenvalue weighted by atomic mass is 10.1. The molecule has 2 N–H and O–H groups in total. The Hall–Kier alpha value is -2.18. The van der Waals surface area contributed by atoms with Gasteiger partial charge in [-0.05, 0) is 36.6 Å². The number of ether oxygens (including phenoxy) is 1. The van der Waals surface area contributed by atoms with Crippen molar-refractivity contribution in [2.24, 2.45) is 0 Å². The van der Waals surface area contributed by atoms with Gasteiger partial charge in [-0.15, -0.1) is 0 Å². The fourth-order valence-electron chi connectivity index (χ4n) is 3.91. The fraction of sp³-hybridized carbons (Fsp3) is 0.400. The van der Waals surface area contributed by atoms with Crippen LogP contribution in [0.3, 0.4) is 0 Å². The molecular weight excluding hydrogens is 410 g/mol. The Morgan fingerprint density at radius 2 is 1.94 bits per heavy atom. The van der Waals surface area contributed by atoms with Crippen molar-refractivity contribution in [2.75, 3.05) is 33.4 Å². The van der Waals surface area contributed by atoms with E-state index < -0.39 is 0 Å². The van der Waals surface area contributed by atoms with Crippen molar-refractivity contribution in [1.29, 1.82) is 0 Å². The first-order valence-electron chi connectivity index (χ1n) is 10.8. The van der Waals surface area contributed by atoms with Crippen LogP contribution >= 0.6 is 11.6 Å². The van der Waals surface area contributed by atoms with E-state index in [0.29, 0.717) is 13.2 Å². The molecule has 5 nitrogen and oxygen atoms in total. The number of methoxy groups -OCH3 is 1. The summed E-state index contributed by atoms with van der Waals surface area (Å²) >= 11 is 6.03. The summed E-state index contributed by atoms with van der Waals surface area (Å²) in [5, 5.41) is 7.37. The van der Waals surface area contributed by atoms with Crippen molar-refractivity contribution in [1.82, 2.24) is 15.5 Å². The molecule has 0 aliphatic carbocycles. The third-order valence-corrected chi connectivity index (χ3v) is 5.74. The number of rotatable bonds is 10. The van der Waals surface area contributed by atoms with Crippen molar-refractivity contribution in [3.05, 3.63) is 76.3 Å². The molecule has 1 amide bonds. The highest BCUT2D eigenvalue weighted by molar-refractivity contribution is 6.30. The normalized spacial score (nSPS) is 19.5. The maximum Gasteiger partial charge on any atom is 0.237 e. The van der Waals surface area contributed by atoms with Crippen LogP contribution in [0.15, 0.2) is 60.2 Å². The molecule has 1 saturated heterocycles. The van der Waals surface area contributed by atoms with E-state index in [0.717, 1.165) is 36.6 Å². The minimum atomic E-state index is -0.163. The van der Waals surface area contributed by atoms with Crippen LogP contribution in [0.1, 0.15) is 24.5 Å². The monoisotopic (exact) mass is 441 g/mol. The molecule has 0 radical (unpaired) electrons. The van der Waals surface area contributed by atoms with Gasteiger partial charge in [-0.1, -0.05) is 65.7 Å². The second-order valence-corrected chi connectivity index (χ2v) is 8.51. The first kappa shape index (κ1) is 23.5. The highest BCUT2D eigenvalue weighted by atomic mass is 35.5. The van der Waals surface area contributed by atoms with E-state index in [1.165, 1.54) is 11.1 Å². The van der Waals surface area contributed by atoms with E-state index in [1.54, 1.807) is 7.11 Å². The molecule has 0 aromatic heterocycles. The van der Waals surface area contributed by atoms with Crippen molar-refractivity contribution in [3.63, 3.8) is 0 Å². The number of benzene rings is 2. The molecule has 2 aromatic rings. The molecule has 3 rings (SSSR count). The van der Waals surface area contributed by atoms with Gasteiger partial charge in [0, 0.05) is 44.4 Å². The first-order chi connectivity index (χ1) is 15.0. The van der Waals surface area contributed by atoms with Gasteiger partial charge >= 0.3 is 0 Å². The zero-order valence-corrected chi connectivity index (χ0v) is 19.1. The topological polar surface area (TPSA) is 53.6 Å². The second-order valence-electron chi connectivity index (χ2n) is 8.07. The van der Waals surface area contributed by atoms with E-state index in [-0.39, 0.29) is 18.0 Å². The van der Waals surface area contributed by atoms with Gasteiger partial charge in [0.2, 0.25) is 5.91 Å². The largest absolute Gasteiger partial charge is 0.383 e. The molecule has 0 spiro atoms. The van der Waals surface area contributed by atoms with E-state index >= 15 is 0 Å². The average Bonchev–Trinajstić information content (AvgIpc) is 3.17. The number of amides is 1. The van der Waals surface area contributed by atoms with Gasteiger partial charge in [0.25, 0.3) is 0 Å². The first-order valence-corrected chi connectivity index (χ1v) is 11.1. The molecule has 0 unspecified atom stereocenters. The molecule has 0 bridgehead atoms. The minimum absolute atomic E-state index is 0.0619. The smallest absolute Gasteiger partial charge is 0.237 e. The van der Waals surface area contributed by atoms with Crippen molar-refractivity contribution in [2.45, 2.75) is 32.0 Å². The minimum Gasteiger partial charge on any atom is -0.383 e. The summed E-state index contributed by atoms with van der Waals surface area (Å²) < 4.78 is 5.06. The summed E-state index contributed by atoms with van der Waals surface area (Å²) in [7, 11) is 1.64. The number of hydrogen-bond donors (Lipinski definition) is 2. The second kappa shape index (κ2) is 12.0. The van der Waals surface area contributed by atoms with Gasteiger partial charge in [0.15, 0.2) is 0 Å². The number of nitrogens with one attached hydrogen (secondary N) is 2. The lowest BCUT2D eigenvalue weighted by molar-refractivity contribution is -0.125. The van der Waals surface area contributed by atoms with Crippen molar-refractivity contribution in [3.8, 4) is 0 Å². The number of hydrogen-bond acceptors (Lipinski definition) is 4. The number of nitrogens with zero attached hydrogens (tertiary/aromatic N) is 1. The Morgan fingerprint density at radius 1 is 1.19 bits per heavy atom. The zero-order chi connectivity index (χ0) is 22.1. The van der Waals surface area contributed by atoms with Gasteiger partial charge in [-0.25, -0.2) is 0 Å². The molecule has 31 heavy (non-hydrogen) atoms. The predicted octanol–water partition coefficient (Wildman–Crippen LogP) is 3.74. The Labute approximate surface area is 190 Å². The van der Waals surface area contributed by atoms with E-state index in [4.69, 9.17) is 16.3 Å². The van der Waals surface area contributed by atoms with Crippen LogP contribution in [0.5, 0.6) is 0 Å². The van der Waals surface area contributed by atoms with Crippen LogP contribution in [0.4, 0.5) is 0 Å². The lowest BCUT2D eigenvalue weighted by Crippen LogP contribution is -2.43. The van der Waals surface area contributed by atoms with Gasteiger partial charge < -0.3 is 15.4 Å². The summed E-state index contributed by atoms with van der Waals surface area (Å²) in [5.41, 5.74) is 3.62. The van der Waals surface area contributed by atoms with Gasteiger partial charge in [-0.2, -0.15) is 0 Å². The molecule has 1 fully saturated rings. The Bertz CT molecular complexity index is 855. The maximum absolute atomic E-state index is 12.8. The molecule has 2 aromatic carbocycles. The molecule has 1 heterocycles. The summed E-state index contributed by atoms with van der Waals surface area (Å²) in [6.45, 7) is 5.51. The standard InChI is InChI=1S/C25H32ClN3O2/c1-19(14-20-6-4-3-5-7-20)16-28-23-15-24(25(30)27-12-13-31-2)29(18-23)17-21-8-10-22(26)11-9-21/h3-11,14,23-24,28H,12-13,15-18H2,1-2H3,(H,27,30)/b19-14+/t23-,24-/m0/s1. The Kier molecular flexibility index (Phi) is 9.10. The van der Waals surface area contributed by atoms with Crippen LogP contribution < -0.4 is 10.6 Å². The predicted molar refractivity (Wildman–Crippen MR) is 127 cm³/mol. The SMILES string of the molecule is COCCNC(=O)[C@@H]1C[C@H](NC/C(C)=C/c2ccccc2)CN1Cc1ccc(Cl)cc1. The number of halogens is 1. The molecule has 166 valence electrons. The number of carbonyl (C=O) groups excluding carboxylic acids is 1. The Balaban J connectivity index is 1.61. The molecule has 1 aliphatic rings. The van der Waals surface area contributed by atoms with Crippen LogP contribution in [0, 0.1) is 0 Å². The summed E-state index contributed by atoms with van der Waals surface area (Å²) in [6.07, 6.45) is 2.98. The van der Waals surface area contributed by atoms with E-state index in [9.17, 15) is 4.79 Å². The molecule has 1 aliphatic heterocycles. The van der Waals surface area contributed by atoms with Crippen LogP contribution in [0.2, 0.25) is 5.02 Å². The number of carbonyl (C=O) groups is 1. The quantitative estimate of drug-likeness (QED) is 0.551. The lowest BCUT2D eigenvalue weighted by Gasteiger charge is -2.23. The van der Waals surface area contributed by atoms with Gasteiger partial charge in [0.05, 0.1) is 12.6 Å². The molecule has 2 atom stereocenters. The molecular formula is C25H32ClN3O2. The maximum atomic E-state index is 12.8. The van der Waals surface area contributed by atoms with Crippen molar-refractivity contribution < 1.29 is 9.53 Å². The summed E-state index contributed by atoms with van der Waals surface area (Å²) in [4.78, 5) is 15.1. The molecule has 6 heteroatoms. The number of likely N-dealkylation sites (tertiary alicyclic amines) is 1. The zero-order valence-electron chi connectivity index (χ0n) is 18.3. The van der Waals surface area contributed by atoms with Crippen LogP contribution in [-0.2, 0) is 16.1 Å². The highest BCUT2D eigenvalue weighted by Crippen LogP contribution is 2.22. The Morgan fingerprint density at radius 3 is 2.65 bits per heavy atom.